The van der Waals surface area contributed by atoms with Crippen molar-refractivity contribution in [1.82, 2.24) is 0 Å². The van der Waals surface area contributed by atoms with E-state index in [4.69, 9.17) is 4.74 Å². The lowest BCUT2D eigenvalue weighted by Crippen LogP contribution is -2.26. The van der Waals surface area contributed by atoms with Crippen molar-refractivity contribution in [2.45, 2.75) is 26.1 Å². The molecule has 0 aliphatic carbocycles. The van der Waals surface area contributed by atoms with Crippen molar-refractivity contribution in [3.63, 3.8) is 0 Å². The van der Waals surface area contributed by atoms with Gasteiger partial charge in [-0.15, -0.1) is 0 Å². The first kappa shape index (κ1) is 19.6. The third kappa shape index (κ3) is 4.68. The van der Waals surface area contributed by atoms with Gasteiger partial charge < -0.3 is 4.74 Å². The zero-order valence-electron chi connectivity index (χ0n) is 13.8. The fourth-order valence-corrected chi connectivity index (χ4v) is 2.45. The summed E-state index contributed by atoms with van der Waals surface area (Å²) in [6.45, 7) is 0.985. The third-order valence-electron chi connectivity index (χ3n) is 3.83. The molecule has 0 fully saturated rings. The highest BCUT2D eigenvalue weighted by Crippen LogP contribution is 2.32. The fourth-order valence-electron chi connectivity index (χ4n) is 2.45. The Bertz CT molecular complexity index is 782. The predicted octanol–water partition coefficient (Wildman–Crippen LogP) is 4.80. The highest BCUT2D eigenvalue weighted by atomic mass is 19.4. The molecule has 0 aromatic heterocycles. The summed E-state index contributed by atoms with van der Waals surface area (Å²) in [7, 11) is 0. The number of alkyl halides is 3. The van der Waals surface area contributed by atoms with Crippen LogP contribution < -0.4 is 0 Å². The number of carbonyl (C=O) groups is 2. The van der Waals surface area contributed by atoms with Gasteiger partial charge in [-0.05, 0) is 36.8 Å². The Morgan fingerprint density at radius 1 is 1.04 bits per heavy atom. The van der Waals surface area contributed by atoms with Crippen molar-refractivity contribution in [2.24, 2.45) is 5.92 Å². The lowest BCUT2D eigenvalue weighted by Gasteiger charge is -2.16. The average molecular weight is 368 g/mol. The number of esters is 1. The number of rotatable bonds is 6. The van der Waals surface area contributed by atoms with E-state index in [-0.39, 0.29) is 17.5 Å². The van der Waals surface area contributed by atoms with Crippen LogP contribution in [0.4, 0.5) is 17.6 Å². The van der Waals surface area contributed by atoms with Crippen molar-refractivity contribution in [1.29, 1.82) is 0 Å². The molecule has 138 valence electrons. The van der Waals surface area contributed by atoms with Gasteiger partial charge in [0.15, 0.2) is 5.78 Å². The highest BCUT2D eigenvalue weighted by molar-refractivity contribution is 6.08. The lowest BCUT2D eigenvalue weighted by molar-refractivity contribution is -0.150. The highest BCUT2D eigenvalue weighted by Gasteiger charge is 2.34. The zero-order chi connectivity index (χ0) is 19.3. The fraction of sp³-hybridized carbons (Fsp3) is 0.263. The normalized spacial score (nSPS) is 12.5. The molecule has 0 N–H and O–H groups in total. The van der Waals surface area contributed by atoms with Crippen LogP contribution in [-0.2, 0) is 22.3 Å². The topological polar surface area (TPSA) is 43.4 Å². The number of ether oxygens (including phenoxy) is 1. The van der Waals surface area contributed by atoms with Crippen LogP contribution in [0.5, 0.6) is 0 Å². The van der Waals surface area contributed by atoms with Gasteiger partial charge in [0.05, 0.1) is 5.56 Å². The number of carbonyl (C=O) groups excluding carboxylic acids is 2. The van der Waals surface area contributed by atoms with Crippen molar-refractivity contribution < 1.29 is 31.9 Å². The maximum atomic E-state index is 13.0. The minimum absolute atomic E-state index is 0.107. The van der Waals surface area contributed by atoms with Crippen LogP contribution in [0.2, 0.25) is 0 Å². The van der Waals surface area contributed by atoms with Crippen LogP contribution in [0.3, 0.4) is 0 Å². The Hall–Kier alpha value is -2.70. The molecule has 0 heterocycles. The number of Topliss-reactive ketones (excluding diaryl/α,β-unsaturated/α-hetero) is 1. The van der Waals surface area contributed by atoms with Gasteiger partial charge in [0, 0.05) is 11.1 Å². The van der Waals surface area contributed by atoms with Crippen LogP contribution >= 0.6 is 0 Å². The molecule has 2 aromatic rings. The molecule has 2 aromatic carbocycles. The standard InChI is InChI=1S/C19H16F4O3/c1-2-15(17(24)12-7-9-14(20)10-8-12)18(25)26-11-13-5-3-4-6-16(13)19(21,22)23/h3-10,15H,2,11H2,1H3. The van der Waals surface area contributed by atoms with Crippen molar-refractivity contribution >= 4 is 11.8 Å². The van der Waals surface area contributed by atoms with Gasteiger partial charge in [0.2, 0.25) is 0 Å². The molecule has 0 saturated carbocycles. The summed E-state index contributed by atoms with van der Waals surface area (Å²) in [5.41, 5.74) is -0.964. The first-order valence-electron chi connectivity index (χ1n) is 7.85. The summed E-state index contributed by atoms with van der Waals surface area (Å²) in [6, 6.07) is 9.40. The Morgan fingerprint density at radius 2 is 1.65 bits per heavy atom. The summed E-state index contributed by atoms with van der Waals surface area (Å²) in [5.74, 6) is -3.18. The summed E-state index contributed by atoms with van der Waals surface area (Å²) in [6.07, 6.45) is -4.47. The van der Waals surface area contributed by atoms with Gasteiger partial charge >= 0.3 is 12.1 Å². The predicted molar refractivity (Wildman–Crippen MR) is 85.8 cm³/mol. The summed E-state index contributed by atoms with van der Waals surface area (Å²) in [4.78, 5) is 24.6. The Labute approximate surface area is 147 Å². The van der Waals surface area contributed by atoms with E-state index in [0.717, 1.165) is 18.2 Å². The Morgan fingerprint density at radius 3 is 2.23 bits per heavy atom. The first-order valence-corrected chi connectivity index (χ1v) is 7.85. The van der Waals surface area contributed by atoms with Gasteiger partial charge in [-0.3, -0.25) is 9.59 Å². The van der Waals surface area contributed by atoms with Crippen LogP contribution in [0.1, 0.15) is 34.8 Å². The lowest BCUT2D eigenvalue weighted by atomic mass is 9.95. The largest absolute Gasteiger partial charge is 0.460 e. The van der Waals surface area contributed by atoms with E-state index in [9.17, 15) is 27.2 Å². The quantitative estimate of drug-likeness (QED) is 0.318. The molecule has 3 nitrogen and oxygen atoms in total. The molecule has 0 saturated heterocycles. The maximum absolute atomic E-state index is 13.0. The zero-order valence-corrected chi connectivity index (χ0v) is 13.8. The second-order valence-corrected chi connectivity index (χ2v) is 5.59. The number of hydrogen-bond acceptors (Lipinski definition) is 3. The molecule has 0 aliphatic heterocycles. The average Bonchev–Trinajstić information content (AvgIpc) is 2.60. The van der Waals surface area contributed by atoms with Gasteiger partial charge in [-0.1, -0.05) is 25.1 Å². The minimum atomic E-state index is -4.57. The number of hydrogen-bond donors (Lipinski definition) is 0. The summed E-state index contributed by atoms with van der Waals surface area (Å²) < 4.78 is 56.8. The molecule has 0 radical (unpaired) electrons. The monoisotopic (exact) mass is 368 g/mol. The molecule has 0 bridgehead atoms. The van der Waals surface area contributed by atoms with Crippen LogP contribution in [-0.4, -0.2) is 11.8 Å². The summed E-state index contributed by atoms with van der Waals surface area (Å²) in [5, 5.41) is 0. The van der Waals surface area contributed by atoms with Crippen molar-refractivity contribution in [2.75, 3.05) is 0 Å². The molecule has 0 amide bonds. The van der Waals surface area contributed by atoms with E-state index < -0.39 is 41.8 Å². The number of benzene rings is 2. The van der Waals surface area contributed by atoms with E-state index in [1.165, 1.54) is 30.3 Å². The molecule has 1 unspecified atom stereocenters. The van der Waals surface area contributed by atoms with E-state index in [2.05, 4.69) is 0 Å². The molecule has 26 heavy (non-hydrogen) atoms. The van der Waals surface area contributed by atoms with Crippen molar-refractivity contribution in [3.8, 4) is 0 Å². The molecular formula is C19H16F4O3. The number of ketones is 1. The summed E-state index contributed by atoms with van der Waals surface area (Å²) >= 11 is 0. The number of halogens is 4. The van der Waals surface area contributed by atoms with Gasteiger partial charge in [-0.2, -0.15) is 13.2 Å². The van der Waals surface area contributed by atoms with E-state index >= 15 is 0 Å². The van der Waals surface area contributed by atoms with E-state index in [0.29, 0.717) is 0 Å². The second kappa shape index (κ2) is 8.12. The van der Waals surface area contributed by atoms with Crippen LogP contribution in [0.25, 0.3) is 0 Å². The third-order valence-corrected chi connectivity index (χ3v) is 3.83. The Balaban J connectivity index is 2.11. The molecule has 1 atom stereocenters. The van der Waals surface area contributed by atoms with Gasteiger partial charge in [-0.25, -0.2) is 4.39 Å². The van der Waals surface area contributed by atoms with Crippen LogP contribution in [0, 0.1) is 11.7 Å². The second-order valence-electron chi connectivity index (χ2n) is 5.59. The molecule has 7 heteroatoms. The maximum Gasteiger partial charge on any atom is 0.416 e. The van der Waals surface area contributed by atoms with Gasteiger partial charge in [0.25, 0.3) is 0 Å². The van der Waals surface area contributed by atoms with Crippen LogP contribution in [0.15, 0.2) is 48.5 Å². The smallest absolute Gasteiger partial charge is 0.416 e. The van der Waals surface area contributed by atoms with E-state index in [1.54, 1.807) is 6.92 Å². The molecule has 2 rings (SSSR count). The van der Waals surface area contributed by atoms with Gasteiger partial charge in [0.1, 0.15) is 18.3 Å². The Kier molecular flexibility index (Phi) is 6.13. The molecule has 0 aliphatic rings. The molecule has 0 spiro atoms. The first-order chi connectivity index (χ1) is 12.2. The van der Waals surface area contributed by atoms with E-state index in [1.807, 2.05) is 0 Å². The van der Waals surface area contributed by atoms with Crippen molar-refractivity contribution in [3.05, 3.63) is 71.0 Å². The SMILES string of the molecule is CCC(C(=O)OCc1ccccc1C(F)(F)F)C(=O)c1ccc(F)cc1. The molecular weight excluding hydrogens is 352 g/mol. The minimum Gasteiger partial charge on any atom is -0.460 e.